The number of halogens is 3. The summed E-state index contributed by atoms with van der Waals surface area (Å²) in [5.41, 5.74) is -1.54. The predicted octanol–water partition coefficient (Wildman–Crippen LogP) is 2.46. The smallest absolute Gasteiger partial charge is 0.307 e. The van der Waals surface area contributed by atoms with Gasteiger partial charge in [0.15, 0.2) is 0 Å². The Bertz CT molecular complexity index is 553. The number of amides is 1. The van der Waals surface area contributed by atoms with Crippen molar-refractivity contribution in [2.75, 3.05) is 17.3 Å². The number of hydrogen-bond donors (Lipinski definition) is 0. The van der Waals surface area contributed by atoms with Gasteiger partial charge in [-0.25, -0.2) is 4.39 Å². The van der Waals surface area contributed by atoms with Crippen molar-refractivity contribution in [3.05, 3.63) is 33.9 Å². The molecule has 1 aliphatic rings. The van der Waals surface area contributed by atoms with Gasteiger partial charge in [0.1, 0.15) is 11.5 Å². The van der Waals surface area contributed by atoms with Gasteiger partial charge in [0.2, 0.25) is 11.7 Å². The highest BCUT2D eigenvalue weighted by Gasteiger charge is 2.35. The van der Waals surface area contributed by atoms with Gasteiger partial charge in [0, 0.05) is 24.9 Å². The zero-order chi connectivity index (χ0) is 14.2. The second-order valence-corrected chi connectivity index (χ2v) is 4.52. The van der Waals surface area contributed by atoms with Crippen LogP contribution >= 0.6 is 11.6 Å². The molecule has 8 heteroatoms. The highest BCUT2D eigenvalue weighted by atomic mass is 35.5. The van der Waals surface area contributed by atoms with Crippen LogP contribution in [0.15, 0.2) is 12.1 Å². The Morgan fingerprint density at radius 1 is 1.47 bits per heavy atom. The van der Waals surface area contributed by atoms with Gasteiger partial charge >= 0.3 is 5.69 Å². The first-order valence-corrected chi connectivity index (χ1v) is 5.98. The molecule has 1 aromatic rings. The van der Waals surface area contributed by atoms with Crippen molar-refractivity contribution in [2.45, 2.75) is 6.42 Å². The van der Waals surface area contributed by atoms with E-state index in [4.69, 9.17) is 11.6 Å². The number of carbonyl (C=O) groups is 1. The first-order valence-electron chi connectivity index (χ1n) is 5.44. The summed E-state index contributed by atoms with van der Waals surface area (Å²) in [6.45, 7) is 0.0529. The summed E-state index contributed by atoms with van der Waals surface area (Å²) >= 11 is 5.61. The van der Waals surface area contributed by atoms with Crippen LogP contribution in [0.1, 0.15) is 6.42 Å². The van der Waals surface area contributed by atoms with Crippen molar-refractivity contribution >= 4 is 28.9 Å². The van der Waals surface area contributed by atoms with E-state index in [0.717, 1.165) is 17.0 Å². The normalized spacial score (nSPS) is 19.0. The van der Waals surface area contributed by atoms with Crippen molar-refractivity contribution in [1.29, 1.82) is 0 Å². The molecule has 0 aliphatic carbocycles. The van der Waals surface area contributed by atoms with E-state index in [2.05, 4.69) is 0 Å². The minimum absolute atomic E-state index is 0.0529. The summed E-state index contributed by atoms with van der Waals surface area (Å²) in [5, 5.41) is 10.6. The molecule has 1 aliphatic heterocycles. The minimum atomic E-state index is -1.34. The van der Waals surface area contributed by atoms with Crippen molar-refractivity contribution in [1.82, 2.24) is 0 Å². The Morgan fingerprint density at radius 3 is 2.68 bits per heavy atom. The van der Waals surface area contributed by atoms with Gasteiger partial charge in [-0.3, -0.25) is 14.9 Å². The Morgan fingerprint density at radius 2 is 2.16 bits per heavy atom. The summed E-state index contributed by atoms with van der Waals surface area (Å²) < 4.78 is 27.6. The molecule has 0 radical (unpaired) electrons. The molecule has 0 N–H and O–H groups in total. The van der Waals surface area contributed by atoms with E-state index in [1.54, 1.807) is 0 Å². The van der Waals surface area contributed by atoms with Crippen molar-refractivity contribution in [2.24, 2.45) is 5.92 Å². The minimum Gasteiger partial charge on any atom is -0.307 e. The number of benzene rings is 1. The molecule has 5 nitrogen and oxygen atoms in total. The van der Waals surface area contributed by atoms with Crippen LogP contribution in [-0.4, -0.2) is 23.3 Å². The highest BCUT2D eigenvalue weighted by molar-refractivity contribution is 6.18. The van der Waals surface area contributed by atoms with Crippen LogP contribution in [0.4, 0.5) is 20.2 Å². The quantitative estimate of drug-likeness (QED) is 0.488. The largest absolute Gasteiger partial charge is 0.307 e. The molecule has 0 bridgehead atoms. The summed E-state index contributed by atoms with van der Waals surface area (Å²) in [5.74, 6) is -2.88. The molecule has 2 rings (SSSR count). The Hall–Kier alpha value is -1.76. The maximum atomic E-state index is 13.9. The Kier molecular flexibility index (Phi) is 3.66. The number of nitrogens with zero attached hydrogens (tertiary/aromatic N) is 2. The molecular formula is C11H9ClF2N2O3. The second-order valence-electron chi connectivity index (χ2n) is 4.22. The van der Waals surface area contributed by atoms with Crippen LogP contribution in [0.2, 0.25) is 0 Å². The molecule has 1 unspecified atom stereocenters. The van der Waals surface area contributed by atoms with Crippen molar-refractivity contribution < 1.29 is 18.5 Å². The van der Waals surface area contributed by atoms with Crippen LogP contribution in [-0.2, 0) is 4.79 Å². The van der Waals surface area contributed by atoms with E-state index < -0.39 is 33.8 Å². The fourth-order valence-electron chi connectivity index (χ4n) is 2.02. The van der Waals surface area contributed by atoms with E-state index in [-0.39, 0.29) is 24.8 Å². The summed E-state index contributed by atoms with van der Waals surface area (Å²) in [7, 11) is 0. The van der Waals surface area contributed by atoms with Gasteiger partial charge in [-0.1, -0.05) is 0 Å². The number of alkyl halides is 1. The maximum absolute atomic E-state index is 13.9. The number of rotatable bonds is 3. The molecule has 1 heterocycles. The standard InChI is InChI=1S/C11H9ClF2N2O3/c12-4-6-3-9(17)15(5-6)11-7(13)1-2-8(10(11)14)16(18)19/h1-2,6H,3-5H2. The molecule has 19 heavy (non-hydrogen) atoms. The number of nitro benzene ring substituents is 1. The molecule has 1 aromatic carbocycles. The van der Waals surface area contributed by atoms with E-state index in [1.165, 1.54) is 0 Å². The van der Waals surface area contributed by atoms with Gasteiger partial charge in [0.25, 0.3) is 0 Å². The molecular weight excluding hydrogens is 282 g/mol. The lowest BCUT2D eigenvalue weighted by Gasteiger charge is -2.17. The highest BCUT2D eigenvalue weighted by Crippen LogP contribution is 2.34. The summed E-state index contributed by atoms with van der Waals surface area (Å²) in [4.78, 5) is 22.2. The average Bonchev–Trinajstić information content (AvgIpc) is 2.70. The molecule has 1 amide bonds. The zero-order valence-electron chi connectivity index (χ0n) is 9.61. The number of anilines is 1. The van der Waals surface area contributed by atoms with E-state index in [0.29, 0.717) is 0 Å². The van der Waals surface area contributed by atoms with E-state index >= 15 is 0 Å². The molecule has 102 valence electrons. The van der Waals surface area contributed by atoms with Crippen LogP contribution in [0.5, 0.6) is 0 Å². The SMILES string of the molecule is O=C1CC(CCl)CN1c1c(F)ccc([N+](=O)[O-])c1F. The number of nitro groups is 1. The fourth-order valence-corrected chi connectivity index (χ4v) is 2.23. The lowest BCUT2D eigenvalue weighted by Crippen LogP contribution is -2.27. The topological polar surface area (TPSA) is 63.5 Å². The third-order valence-electron chi connectivity index (χ3n) is 2.94. The lowest BCUT2D eigenvalue weighted by molar-refractivity contribution is -0.387. The first kappa shape index (κ1) is 13.7. The van der Waals surface area contributed by atoms with E-state index in [9.17, 15) is 23.7 Å². The Balaban J connectivity index is 2.48. The molecule has 0 spiro atoms. The third kappa shape index (κ3) is 2.37. The van der Waals surface area contributed by atoms with Gasteiger partial charge in [-0.05, 0) is 12.0 Å². The zero-order valence-corrected chi connectivity index (χ0v) is 10.4. The summed E-state index contributed by atoms with van der Waals surface area (Å²) in [6.07, 6.45) is 0.0745. The fraction of sp³-hybridized carbons (Fsp3) is 0.364. The van der Waals surface area contributed by atoms with Gasteiger partial charge < -0.3 is 4.90 Å². The Labute approximate surface area is 111 Å². The number of carbonyl (C=O) groups excluding carboxylic acids is 1. The monoisotopic (exact) mass is 290 g/mol. The van der Waals surface area contributed by atoms with Crippen molar-refractivity contribution in [3.8, 4) is 0 Å². The number of hydrogen-bond acceptors (Lipinski definition) is 3. The van der Waals surface area contributed by atoms with Crippen LogP contribution in [0.3, 0.4) is 0 Å². The van der Waals surface area contributed by atoms with Crippen LogP contribution in [0.25, 0.3) is 0 Å². The van der Waals surface area contributed by atoms with E-state index in [1.807, 2.05) is 0 Å². The molecule has 1 saturated heterocycles. The third-order valence-corrected chi connectivity index (χ3v) is 3.37. The lowest BCUT2D eigenvalue weighted by atomic mass is 10.1. The summed E-state index contributed by atoms with van der Waals surface area (Å²) in [6, 6.07) is 1.51. The van der Waals surface area contributed by atoms with Crippen molar-refractivity contribution in [3.63, 3.8) is 0 Å². The van der Waals surface area contributed by atoms with Crippen LogP contribution < -0.4 is 4.90 Å². The first-order chi connectivity index (χ1) is 8.95. The predicted molar refractivity (Wildman–Crippen MR) is 64.2 cm³/mol. The molecule has 0 aromatic heterocycles. The second kappa shape index (κ2) is 5.08. The molecule has 1 fully saturated rings. The van der Waals surface area contributed by atoms with Gasteiger partial charge in [0.05, 0.1) is 4.92 Å². The maximum Gasteiger partial charge on any atom is 0.307 e. The van der Waals surface area contributed by atoms with Gasteiger partial charge in [-0.15, -0.1) is 11.6 Å². The van der Waals surface area contributed by atoms with Crippen LogP contribution in [0, 0.1) is 27.7 Å². The average molecular weight is 291 g/mol. The molecule has 0 saturated carbocycles. The van der Waals surface area contributed by atoms with Gasteiger partial charge in [-0.2, -0.15) is 4.39 Å². The molecule has 1 atom stereocenters.